The van der Waals surface area contributed by atoms with E-state index in [9.17, 15) is 0 Å². The first-order chi connectivity index (χ1) is 27.0. The first-order valence-corrected chi connectivity index (χ1v) is 24.5. The zero-order chi connectivity index (χ0) is 42.1. The molecular weight excluding hydrogens is 701 g/mol. The summed E-state index contributed by atoms with van der Waals surface area (Å²) in [6.45, 7) is 29.1. The van der Waals surface area contributed by atoms with Gasteiger partial charge in [0.25, 0.3) is 0 Å². The number of likely N-dealkylation sites (tertiary alicyclic amines) is 2. The van der Waals surface area contributed by atoms with Crippen LogP contribution in [0.25, 0.3) is 0 Å². The minimum Gasteiger partial charge on any atom is -0.354 e. The number of aromatic nitrogens is 3. The molecule has 2 aliphatic heterocycles. The molecule has 2 aliphatic rings. The van der Waals surface area contributed by atoms with Crippen molar-refractivity contribution < 1.29 is 0 Å². The van der Waals surface area contributed by atoms with Crippen LogP contribution < -0.4 is 15.1 Å². The molecule has 1 aromatic rings. The molecule has 3 rings (SSSR count). The number of piperidine rings is 2. The zero-order valence-electron chi connectivity index (χ0n) is 40.4. The van der Waals surface area contributed by atoms with Crippen molar-refractivity contribution in [1.82, 2.24) is 24.8 Å². The van der Waals surface area contributed by atoms with Gasteiger partial charge in [0.2, 0.25) is 17.8 Å². The van der Waals surface area contributed by atoms with Crippen molar-refractivity contribution in [1.29, 1.82) is 0 Å². The fraction of sp³-hybridized carbons (Fsp3) is 0.939. The molecule has 0 amide bonds. The van der Waals surface area contributed by atoms with Gasteiger partial charge in [0, 0.05) is 53.9 Å². The largest absolute Gasteiger partial charge is 0.354 e. The lowest BCUT2D eigenvalue weighted by Crippen LogP contribution is -2.63. The van der Waals surface area contributed by atoms with Crippen molar-refractivity contribution in [2.24, 2.45) is 0 Å². The third-order valence-corrected chi connectivity index (χ3v) is 14.4. The van der Waals surface area contributed by atoms with Crippen LogP contribution in [-0.2, 0) is 0 Å². The van der Waals surface area contributed by atoms with Gasteiger partial charge in [-0.1, -0.05) is 130 Å². The monoisotopic (exact) mass is 797 g/mol. The molecule has 0 radical (unpaired) electrons. The molecule has 0 bridgehead atoms. The van der Waals surface area contributed by atoms with Crippen molar-refractivity contribution in [2.45, 2.75) is 265 Å². The van der Waals surface area contributed by atoms with Crippen LogP contribution in [-0.4, -0.2) is 92.7 Å². The quantitative estimate of drug-likeness (QED) is 0.0841. The summed E-state index contributed by atoms with van der Waals surface area (Å²) in [5.41, 5.74) is 0.331. The van der Waals surface area contributed by atoms with E-state index in [4.69, 9.17) is 15.0 Å². The van der Waals surface area contributed by atoms with E-state index in [0.717, 1.165) is 95.3 Å². The van der Waals surface area contributed by atoms with Gasteiger partial charge in [0.05, 0.1) is 0 Å². The van der Waals surface area contributed by atoms with E-state index in [1.165, 1.54) is 96.3 Å². The number of nitrogens with zero attached hydrogens (tertiary/aromatic N) is 7. The predicted molar refractivity (Wildman–Crippen MR) is 250 cm³/mol. The van der Waals surface area contributed by atoms with Gasteiger partial charge in [-0.2, -0.15) is 15.0 Å². The highest BCUT2D eigenvalue weighted by molar-refractivity contribution is 5.47. The summed E-state index contributed by atoms with van der Waals surface area (Å²) in [4.78, 5) is 26.5. The first kappa shape index (κ1) is 49.7. The number of unbranched alkanes of at least 4 members (excludes halogenated alkanes) is 17. The van der Waals surface area contributed by atoms with Crippen molar-refractivity contribution in [3.8, 4) is 0 Å². The number of hydrogen-bond acceptors (Lipinski definition) is 8. The van der Waals surface area contributed by atoms with E-state index in [1.54, 1.807) is 0 Å². The Morgan fingerprint density at radius 2 is 0.754 bits per heavy atom. The third-order valence-electron chi connectivity index (χ3n) is 14.4. The third kappa shape index (κ3) is 15.7. The van der Waals surface area contributed by atoms with Crippen LogP contribution >= 0.6 is 0 Å². The molecule has 1 N–H and O–H groups in total. The minimum absolute atomic E-state index is 0.0828. The Balaban J connectivity index is 1.74. The molecule has 0 spiro atoms. The molecule has 57 heavy (non-hydrogen) atoms. The van der Waals surface area contributed by atoms with Crippen LogP contribution in [0.5, 0.6) is 0 Å². The lowest BCUT2D eigenvalue weighted by molar-refractivity contribution is -0.0130. The second-order valence-corrected chi connectivity index (χ2v) is 21.1. The smallest absolute Gasteiger partial charge is 0.232 e. The summed E-state index contributed by atoms with van der Waals surface area (Å²) in [7, 11) is 4.62. The average molecular weight is 797 g/mol. The van der Waals surface area contributed by atoms with Gasteiger partial charge in [-0.25, -0.2) is 0 Å². The van der Waals surface area contributed by atoms with Crippen molar-refractivity contribution in [3.63, 3.8) is 0 Å². The van der Waals surface area contributed by atoms with Gasteiger partial charge in [-0.3, -0.25) is 9.80 Å². The molecule has 0 atom stereocenters. The second-order valence-electron chi connectivity index (χ2n) is 21.1. The van der Waals surface area contributed by atoms with Crippen LogP contribution in [0.2, 0.25) is 0 Å². The summed E-state index contributed by atoms with van der Waals surface area (Å²) < 4.78 is 0. The van der Waals surface area contributed by atoms with Gasteiger partial charge in [0.15, 0.2) is 0 Å². The predicted octanol–water partition coefficient (Wildman–Crippen LogP) is 13.1. The highest BCUT2D eigenvalue weighted by Crippen LogP contribution is 2.42. The average Bonchev–Trinajstić information content (AvgIpc) is 3.14. The lowest BCUT2D eigenvalue weighted by Gasteiger charge is -2.56. The van der Waals surface area contributed by atoms with Crippen LogP contribution in [0.1, 0.15) is 230 Å². The number of anilines is 3. The van der Waals surface area contributed by atoms with Crippen LogP contribution in [0.3, 0.4) is 0 Å². The summed E-state index contributed by atoms with van der Waals surface area (Å²) in [5.74, 6) is 2.51. The maximum absolute atomic E-state index is 5.51. The maximum atomic E-state index is 5.51. The molecule has 0 aliphatic carbocycles. The molecule has 1 aromatic heterocycles. The van der Waals surface area contributed by atoms with Gasteiger partial charge in [0.1, 0.15) is 0 Å². The van der Waals surface area contributed by atoms with Crippen molar-refractivity contribution >= 4 is 17.8 Å². The summed E-state index contributed by atoms with van der Waals surface area (Å²) in [6.07, 6.45) is 31.1. The molecule has 0 unspecified atom stereocenters. The Morgan fingerprint density at radius 1 is 0.456 bits per heavy atom. The Labute approximate surface area is 354 Å². The first-order valence-electron chi connectivity index (χ1n) is 24.5. The molecular formula is C49H96N8. The van der Waals surface area contributed by atoms with E-state index < -0.39 is 0 Å². The Bertz CT molecular complexity index is 1140. The fourth-order valence-corrected chi connectivity index (χ4v) is 10.2. The van der Waals surface area contributed by atoms with E-state index in [-0.39, 0.29) is 22.2 Å². The Kier molecular flexibility index (Phi) is 20.9. The fourth-order valence-electron chi connectivity index (χ4n) is 10.2. The molecule has 3 heterocycles. The highest BCUT2D eigenvalue weighted by atomic mass is 15.4. The molecule has 0 aromatic carbocycles. The SMILES string of the molecule is CCCCCCCCCCCCCCCCCCNc1nc(N(CCCC)C2CC(C)(C)N(C)C(C)(C)C2)nc(N(CCCC)C2CC(C)(C)N(C)C(C)(C)C2)n1. The van der Waals surface area contributed by atoms with Gasteiger partial charge in [-0.15, -0.1) is 0 Å². The highest BCUT2D eigenvalue weighted by Gasteiger charge is 2.47. The zero-order valence-corrected chi connectivity index (χ0v) is 40.4. The molecule has 332 valence electrons. The summed E-state index contributed by atoms with van der Waals surface area (Å²) in [5, 5.41) is 3.75. The summed E-state index contributed by atoms with van der Waals surface area (Å²) >= 11 is 0. The van der Waals surface area contributed by atoms with Crippen LogP contribution in [0.15, 0.2) is 0 Å². The van der Waals surface area contributed by atoms with Crippen molar-refractivity contribution in [3.05, 3.63) is 0 Å². The Morgan fingerprint density at radius 3 is 1.07 bits per heavy atom. The minimum atomic E-state index is 0.0828. The molecule has 0 saturated carbocycles. The van der Waals surface area contributed by atoms with Gasteiger partial charge in [-0.05, 0) is 114 Å². The molecule has 2 saturated heterocycles. The number of nitrogens with one attached hydrogen (secondary N) is 1. The summed E-state index contributed by atoms with van der Waals surface area (Å²) in [6, 6.07) is 0.734. The Hall–Kier alpha value is -1.67. The number of rotatable bonds is 28. The lowest BCUT2D eigenvalue weighted by atomic mass is 9.77. The second kappa shape index (κ2) is 23.9. The van der Waals surface area contributed by atoms with E-state index in [2.05, 4.69) is 115 Å². The van der Waals surface area contributed by atoms with Gasteiger partial charge < -0.3 is 15.1 Å². The van der Waals surface area contributed by atoms with E-state index in [1.807, 2.05) is 0 Å². The maximum Gasteiger partial charge on any atom is 0.232 e. The molecule has 8 heteroatoms. The number of hydrogen-bond donors (Lipinski definition) is 1. The van der Waals surface area contributed by atoms with Crippen LogP contribution in [0.4, 0.5) is 17.8 Å². The topological polar surface area (TPSA) is 63.7 Å². The van der Waals surface area contributed by atoms with Gasteiger partial charge >= 0.3 is 0 Å². The standard InChI is InChI=1S/C49H96N8/c1-14-17-20-21-22-23-24-25-26-27-28-29-30-31-32-33-34-50-43-51-44(56(35-18-15-2)41-37-46(4,5)54(12)47(6,7)38-41)53-45(52-43)57(36-19-16-3)42-39-48(8,9)55(13)49(10,11)40-42/h41-42H,14-40H2,1-13H3,(H,50,51,52,53). The molecule has 2 fully saturated rings. The van der Waals surface area contributed by atoms with E-state index >= 15 is 0 Å². The molecule has 8 nitrogen and oxygen atoms in total. The van der Waals surface area contributed by atoms with E-state index in [0.29, 0.717) is 12.1 Å². The normalized spacial score (nSPS) is 19.9. The van der Waals surface area contributed by atoms with Crippen molar-refractivity contribution in [2.75, 3.05) is 48.8 Å². The van der Waals surface area contributed by atoms with Crippen LogP contribution in [0, 0.1) is 0 Å².